The second-order valence-electron chi connectivity index (χ2n) is 7.88. The van der Waals surface area contributed by atoms with Gasteiger partial charge in [0.15, 0.2) is 0 Å². The number of carbonyl (C=O) groups excluding carboxylic acids is 2. The average Bonchev–Trinajstić information content (AvgIpc) is 3.36. The monoisotopic (exact) mass is 420 g/mol. The lowest BCUT2D eigenvalue weighted by Gasteiger charge is -2.19. The minimum absolute atomic E-state index is 0.0156. The van der Waals surface area contributed by atoms with E-state index < -0.39 is 5.91 Å². The number of carbonyl (C=O) groups is 2. The highest BCUT2D eigenvalue weighted by Gasteiger charge is 2.29. The number of aromatic hydroxyl groups is 1. The van der Waals surface area contributed by atoms with E-state index in [0.717, 1.165) is 22.3 Å². The molecule has 0 spiro atoms. The van der Waals surface area contributed by atoms with Crippen molar-refractivity contribution in [2.45, 2.75) is 26.2 Å². The second kappa shape index (κ2) is 7.19. The maximum Gasteiger partial charge on any atom is 0.258 e. The first-order valence-electron chi connectivity index (χ1n) is 9.85. The maximum absolute atomic E-state index is 13.5. The van der Waals surface area contributed by atoms with Crippen molar-refractivity contribution in [3.05, 3.63) is 99.6 Å². The first-order chi connectivity index (χ1) is 14.9. The van der Waals surface area contributed by atoms with Gasteiger partial charge in [-0.15, -0.1) is 0 Å². The van der Waals surface area contributed by atoms with Gasteiger partial charge in [-0.3, -0.25) is 9.59 Å². The van der Waals surface area contributed by atoms with Crippen LogP contribution in [0.15, 0.2) is 54.6 Å². The van der Waals surface area contributed by atoms with E-state index in [1.54, 1.807) is 17.0 Å². The van der Waals surface area contributed by atoms with E-state index in [-0.39, 0.29) is 47.5 Å². The molecule has 0 unspecified atom stereocenters. The van der Waals surface area contributed by atoms with Crippen LogP contribution >= 0.6 is 0 Å². The maximum atomic E-state index is 13.5. The van der Waals surface area contributed by atoms with Gasteiger partial charge in [0.1, 0.15) is 17.4 Å². The molecule has 2 aliphatic rings. The third kappa shape index (κ3) is 3.42. The lowest BCUT2D eigenvalue weighted by molar-refractivity contribution is 0.0747. The smallest absolute Gasteiger partial charge is 0.258 e. The Bertz CT molecular complexity index is 1240. The van der Waals surface area contributed by atoms with Crippen molar-refractivity contribution in [1.82, 2.24) is 9.80 Å². The molecule has 2 amide bonds. The summed E-state index contributed by atoms with van der Waals surface area (Å²) in [5.41, 5.74) is 3.49. The quantitative estimate of drug-likeness (QED) is 0.682. The summed E-state index contributed by atoms with van der Waals surface area (Å²) in [6.07, 6.45) is 0. The molecule has 2 heterocycles. The zero-order valence-electron chi connectivity index (χ0n) is 16.4. The van der Waals surface area contributed by atoms with E-state index in [2.05, 4.69) is 0 Å². The summed E-state index contributed by atoms with van der Waals surface area (Å²) in [4.78, 5) is 29.1. The lowest BCUT2D eigenvalue weighted by Crippen LogP contribution is -2.27. The fourth-order valence-corrected chi connectivity index (χ4v) is 4.21. The number of halogens is 2. The Morgan fingerprint density at radius 1 is 0.677 bits per heavy atom. The number of benzene rings is 3. The van der Waals surface area contributed by atoms with Crippen molar-refractivity contribution in [2.75, 3.05) is 0 Å². The van der Waals surface area contributed by atoms with Crippen molar-refractivity contribution in [3.63, 3.8) is 0 Å². The molecule has 0 atom stereocenters. The fourth-order valence-electron chi connectivity index (χ4n) is 4.21. The van der Waals surface area contributed by atoms with Crippen LogP contribution in [0.3, 0.4) is 0 Å². The Balaban J connectivity index is 1.37. The molecule has 0 fully saturated rings. The highest BCUT2D eigenvalue weighted by atomic mass is 19.1. The van der Waals surface area contributed by atoms with Crippen molar-refractivity contribution in [3.8, 4) is 5.75 Å². The SMILES string of the molecule is O=C(c1ccc(O)c(C(=O)N2Cc3ccc(F)cc3C2)c1)N1Cc2ccc(F)cc2C1. The molecular weight excluding hydrogens is 402 g/mol. The van der Waals surface area contributed by atoms with E-state index in [1.807, 2.05) is 0 Å². The molecule has 31 heavy (non-hydrogen) atoms. The van der Waals surface area contributed by atoms with Gasteiger partial charge >= 0.3 is 0 Å². The van der Waals surface area contributed by atoms with Gasteiger partial charge < -0.3 is 14.9 Å². The predicted octanol–water partition coefficient (Wildman–Crippen LogP) is 3.98. The Morgan fingerprint density at radius 3 is 1.77 bits per heavy atom. The molecule has 1 N–H and O–H groups in total. The van der Waals surface area contributed by atoms with Gasteiger partial charge in [-0.2, -0.15) is 0 Å². The molecule has 3 aromatic rings. The van der Waals surface area contributed by atoms with Crippen molar-refractivity contribution >= 4 is 11.8 Å². The third-order valence-electron chi connectivity index (χ3n) is 5.83. The van der Waals surface area contributed by atoms with Gasteiger partial charge in [0, 0.05) is 31.7 Å². The molecule has 3 aromatic carbocycles. The van der Waals surface area contributed by atoms with Gasteiger partial charge in [-0.1, -0.05) is 12.1 Å². The normalized spacial score (nSPS) is 14.5. The summed E-state index contributed by atoms with van der Waals surface area (Å²) >= 11 is 0. The number of hydrogen-bond donors (Lipinski definition) is 1. The number of phenolic OH excluding ortho intramolecular Hbond substituents is 1. The van der Waals surface area contributed by atoms with Crippen LogP contribution in [0.25, 0.3) is 0 Å². The van der Waals surface area contributed by atoms with Crippen LogP contribution in [0.4, 0.5) is 8.78 Å². The van der Waals surface area contributed by atoms with Crippen LogP contribution in [0.5, 0.6) is 5.75 Å². The van der Waals surface area contributed by atoms with Gasteiger partial charge in [-0.25, -0.2) is 8.78 Å². The van der Waals surface area contributed by atoms with Crippen molar-refractivity contribution < 1.29 is 23.5 Å². The Morgan fingerprint density at radius 2 is 1.19 bits per heavy atom. The molecule has 5 nitrogen and oxygen atoms in total. The lowest BCUT2D eigenvalue weighted by atomic mass is 10.1. The zero-order valence-corrected chi connectivity index (χ0v) is 16.4. The number of nitrogens with zero attached hydrogens (tertiary/aromatic N) is 2. The topological polar surface area (TPSA) is 60.9 Å². The second-order valence-corrected chi connectivity index (χ2v) is 7.88. The van der Waals surface area contributed by atoms with E-state index in [1.165, 1.54) is 47.4 Å². The Hall–Kier alpha value is -3.74. The highest BCUT2D eigenvalue weighted by molar-refractivity contribution is 6.01. The summed E-state index contributed by atoms with van der Waals surface area (Å²) in [6, 6.07) is 13.0. The van der Waals surface area contributed by atoms with E-state index in [4.69, 9.17) is 0 Å². The highest BCUT2D eigenvalue weighted by Crippen LogP contribution is 2.30. The molecule has 0 aliphatic carbocycles. The largest absolute Gasteiger partial charge is 0.507 e. The zero-order chi connectivity index (χ0) is 21.7. The number of amides is 2. The molecule has 0 bridgehead atoms. The van der Waals surface area contributed by atoms with Crippen LogP contribution < -0.4 is 0 Å². The molecule has 5 rings (SSSR count). The molecular formula is C24H18F2N2O3. The first-order valence-corrected chi connectivity index (χ1v) is 9.85. The average molecular weight is 420 g/mol. The summed E-state index contributed by atoms with van der Waals surface area (Å²) < 4.78 is 27.0. The summed E-state index contributed by atoms with van der Waals surface area (Å²) in [7, 11) is 0. The summed E-state index contributed by atoms with van der Waals surface area (Å²) in [5, 5.41) is 10.3. The van der Waals surface area contributed by atoms with E-state index in [9.17, 15) is 23.5 Å². The fraction of sp³-hybridized carbons (Fsp3) is 0.167. The summed E-state index contributed by atoms with van der Waals surface area (Å²) in [6.45, 7) is 1.17. The minimum atomic E-state index is -0.435. The van der Waals surface area contributed by atoms with Crippen LogP contribution in [0.2, 0.25) is 0 Å². The van der Waals surface area contributed by atoms with Gasteiger partial charge in [0.2, 0.25) is 0 Å². The van der Waals surface area contributed by atoms with Gasteiger partial charge in [-0.05, 0) is 64.7 Å². The molecule has 156 valence electrons. The molecule has 0 aromatic heterocycles. The van der Waals surface area contributed by atoms with Crippen molar-refractivity contribution in [2.24, 2.45) is 0 Å². The summed E-state index contributed by atoms with van der Waals surface area (Å²) in [5.74, 6) is -1.68. The standard InChI is InChI=1S/C24H18F2N2O3/c25-19-4-1-15-10-27(12-17(15)7-19)23(30)14-3-6-22(29)21(9-14)24(31)28-11-16-2-5-20(26)8-18(16)13-28/h1-9,29H,10-13H2. The number of phenols is 1. The van der Waals surface area contributed by atoms with Gasteiger partial charge in [0.05, 0.1) is 5.56 Å². The Labute approximate surface area is 177 Å². The molecule has 7 heteroatoms. The number of rotatable bonds is 2. The predicted molar refractivity (Wildman–Crippen MR) is 108 cm³/mol. The molecule has 2 aliphatic heterocycles. The van der Waals surface area contributed by atoms with Crippen LogP contribution in [0, 0.1) is 11.6 Å². The molecule has 0 radical (unpaired) electrons. The minimum Gasteiger partial charge on any atom is -0.507 e. The van der Waals surface area contributed by atoms with Crippen molar-refractivity contribution in [1.29, 1.82) is 0 Å². The molecule has 0 saturated carbocycles. The number of fused-ring (bicyclic) bond motifs is 2. The van der Waals surface area contributed by atoms with E-state index in [0.29, 0.717) is 13.1 Å². The first kappa shape index (κ1) is 19.2. The van der Waals surface area contributed by atoms with Gasteiger partial charge in [0.25, 0.3) is 11.8 Å². The van der Waals surface area contributed by atoms with E-state index >= 15 is 0 Å². The van der Waals surface area contributed by atoms with Crippen LogP contribution in [-0.4, -0.2) is 26.7 Å². The third-order valence-corrected chi connectivity index (χ3v) is 5.83. The Kier molecular flexibility index (Phi) is 4.46. The number of hydrogen-bond acceptors (Lipinski definition) is 3. The molecule has 0 saturated heterocycles. The van der Waals surface area contributed by atoms with Crippen LogP contribution in [0.1, 0.15) is 43.0 Å². The van der Waals surface area contributed by atoms with Crippen LogP contribution in [-0.2, 0) is 26.2 Å².